The third kappa shape index (κ3) is 3.11. The van der Waals surface area contributed by atoms with Crippen LogP contribution >= 0.6 is 0 Å². The van der Waals surface area contributed by atoms with Gasteiger partial charge in [0.2, 0.25) is 0 Å². The molecule has 0 radical (unpaired) electrons. The molecule has 0 amide bonds. The molecule has 1 aliphatic rings. The van der Waals surface area contributed by atoms with Crippen LogP contribution in [0.15, 0.2) is 0 Å². The standard InChI is InChI=1S/C10H21NO/c1-3-6-12-8-9-4-5-10(7-9)11-2/h9-11H,3-8H2,1-2H3. The van der Waals surface area contributed by atoms with E-state index in [-0.39, 0.29) is 0 Å². The first-order valence-corrected chi connectivity index (χ1v) is 5.11. The molecule has 0 aromatic heterocycles. The summed E-state index contributed by atoms with van der Waals surface area (Å²) in [6.45, 7) is 4.07. The average Bonchev–Trinajstić information content (AvgIpc) is 2.53. The average molecular weight is 171 g/mol. The molecule has 2 atom stereocenters. The molecule has 0 bridgehead atoms. The minimum absolute atomic E-state index is 0.750. The Balaban J connectivity index is 2.03. The van der Waals surface area contributed by atoms with Gasteiger partial charge in [-0.25, -0.2) is 0 Å². The maximum atomic E-state index is 5.53. The summed E-state index contributed by atoms with van der Waals surface area (Å²) in [5, 5.41) is 3.33. The molecule has 72 valence electrons. The minimum Gasteiger partial charge on any atom is -0.381 e. The summed E-state index contributed by atoms with van der Waals surface area (Å²) in [4.78, 5) is 0. The molecule has 0 heterocycles. The summed E-state index contributed by atoms with van der Waals surface area (Å²) in [5.74, 6) is 0.814. The zero-order valence-electron chi connectivity index (χ0n) is 8.31. The van der Waals surface area contributed by atoms with Crippen molar-refractivity contribution in [3.63, 3.8) is 0 Å². The highest BCUT2D eigenvalue weighted by Gasteiger charge is 2.22. The number of hydrogen-bond donors (Lipinski definition) is 1. The van der Waals surface area contributed by atoms with Gasteiger partial charge in [0.1, 0.15) is 0 Å². The smallest absolute Gasteiger partial charge is 0.0494 e. The number of hydrogen-bond acceptors (Lipinski definition) is 2. The van der Waals surface area contributed by atoms with Crippen LogP contribution < -0.4 is 5.32 Å². The van der Waals surface area contributed by atoms with E-state index in [1.165, 1.54) is 19.3 Å². The Labute approximate surface area is 75.7 Å². The molecule has 2 heteroatoms. The fraction of sp³-hybridized carbons (Fsp3) is 1.00. The molecule has 2 nitrogen and oxygen atoms in total. The first-order valence-electron chi connectivity index (χ1n) is 5.11. The maximum Gasteiger partial charge on any atom is 0.0494 e. The monoisotopic (exact) mass is 171 g/mol. The van der Waals surface area contributed by atoms with Crippen molar-refractivity contribution in [2.45, 2.75) is 38.6 Å². The molecule has 12 heavy (non-hydrogen) atoms. The van der Waals surface area contributed by atoms with E-state index in [1.807, 2.05) is 0 Å². The Kier molecular flexibility index (Phi) is 4.62. The van der Waals surface area contributed by atoms with Crippen molar-refractivity contribution in [1.29, 1.82) is 0 Å². The van der Waals surface area contributed by atoms with Gasteiger partial charge in [-0.15, -0.1) is 0 Å². The number of rotatable bonds is 5. The molecule has 1 fully saturated rings. The Morgan fingerprint density at radius 2 is 2.25 bits per heavy atom. The van der Waals surface area contributed by atoms with E-state index in [4.69, 9.17) is 4.74 Å². The Morgan fingerprint density at radius 3 is 2.83 bits per heavy atom. The van der Waals surface area contributed by atoms with Gasteiger partial charge in [0.05, 0.1) is 0 Å². The maximum absolute atomic E-state index is 5.53. The molecule has 0 aromatic rings. The van der Waals surface area contributed by atoms with E-state index in [0.717, 1.165) is 31.6 Å². The van der Waals surface area contributed by atoms with Gasteiger partial charge in [0.25, 0.3) is 0 Å². The molecule has 1 saturated carbocycles. The highest BCUT2D eigenvalue weighted by Crippen LogP contribution is 2.25. The van der Waals surface area contributed by atoms with Crippen molar-refractivity contribution in [2.24, 2.45) is 5.92 Å². The van der Waals surface area contributed by atoms with Crippen LogP contribution in [0.5, 0.6) is 0 Å². The lowest BCUT2D eigenvalue weighted by Crippen LogP contribution is -2.21. The van der Waals surface area contributed by atoms with Gasteiger partial charge in [0.15, 0.2) is 0 Å². The third-order valence-electron chi connectivity index (χ3n) is 2.65. The molecule has 0 spiro atoms. The van der Waals surface area contributed by atoms with Crippen molar-refractivity contribution in [3.05, 3.63) is 0 Å². The summed E-state index contributed by atoms with van der Waals surface area (Å²) >= 11 is 0. The van der Waals surface area contributed by atoms with Crippen molar-refractivity contribution in [2.75, 3.05) is 20.3 Å². The van der Waals surface area contributed by atoms with Gasteiger partial charge in [-0.3, -0.25) is 0 Å². The first kappa shape index (κ1) is 10.0. The van der Waals surface area contributed by atoms with Crippen LogP contribution in [0, 0.1) is 5.92 Å². The van der Waals surface area contributed by atoms with Gasteiger partial charge in [0, 0.05) is 19.3 Å². The summed E-state index contributed by atoms with van der Waals surface area (Å²) in [5.41, 5.74) is 0. The van der Waals surface area contributed by atoms with E-state index in [1.54, 1.807) is 0 Å². The van der Waals surface area contributed by atoms with E-state index < -0.39 is 0 Å². The lowest BCUT2D eigenvalue weighted by molar-refractivity contribution is 0.101. The van der Waals surface area contributed by atoms with Crippen molar-refractivity contribution >= 4 is 0 Å². The van der Waals surface area contributed by atoms with Crippen LogP contribution in [0.25, 0.3) is 0 Å². The van der Waals surface area contributed by atoms with Gasteiger partial charge in [-0.1, -0.05) is 6.92 Å². The van der Waals surface area contributed by atoms with E-state index in [0.29, 0.717) is 0 Å². The quantitative estimate of drug-likeness (QED) is 0.637. The summed E-state index contributed by atoms with van der Waals surface area (Å²) in [7, 11) is 2.06. The second kappa shape index (κ2) is 5.55. The fourth-order valence-electron chi connectivity index (χ4n) is 1.88. The molecule has 0 saturated heterocycles. The highest BCUT2D eigenvalue weighted by atomic mass is 16.5. The largest absolute Gasteiger partial charge is 0.381 e. The highest BCUT2D eigenvalue weighted by molar-refractivity contribution is 4.79. The third-order valence-corrected chi connectivity index (χ3v) is 2.65. The van der Waals surface area contributed by atoms with E-state index >= 15 is 0 Å². The zero-order valence-corrected chi connectivity index (χ0v) is 8.31. The summed E-state index contributed by atoms with van der Waals surface area (Å²) < 4.78 is 5.53. The van der Waals surface area contributed by atoms with Crippen LogP contribution in [0.4, 0.5) is 0 Å². The minimum atomic E-state index is 0.750. The van der Waals surface area contributed by atoms with Crippen LogP contribution in [0.1, 0.15) is 32.6 Å². The van der Waals surface area contributed by atoms with Gasteiger partial charge >= 0.3 is 0 Å². The lowest BCUT2D eigenvalue weighted by atomic mass is 10.1. The Hall–Kier alpha value is -0.0800. The zero-order chi connectivity index (χ0) is 8.81. The fourth-order valence-corrected chi connectivity index (χ4v) is 1.88. The molecule has 1 rings (SSSR count). The van der Waals surface area contributed by atoms with Gasteiger partial charge in [-0.2, -0.15) is 0 Å². The molecule has 2 unspecified atom stereocenters. The lowest BCUT2D eigenvalue weighted by Gasteiger charge is -2.10. The van der Waals surface area contributed by atoms with E-state index in [2.05, 4.69) is 19.3 Å². The van der Waals surface area contributed by atoms with Gasteiger partial charge in [-0.05, 0) is 38.6 Å². The van der Waals surface area contributed by atoms with Crippen LogP contribution in [-0.4, -0.2) is 26.3 Å². The molecule has 0 aliphatic heterocycles. The van der Waals surface area contributed by atoms with E-state index in [9.17, 15) is 0 Å². The molecular formula is C10H21NO. The topological polar surface area (TPSA) is 21.3 Å². The normalized spacial score (nSPS) is 29.5. The van der Waals surface area contributed by atoms with Crippen LogP contribution in [0.3, 0.4) is 0 Å². The first-order chi connectivity index (χ1) is 5.86. The molecule has 0 aromatic carbocycles. The predicted octanol–water partition coefficient (Wildman–Crippen LogP) is 1.80. The SMILES string of the molecule is CCCOCC1CCC(NC)C1. The van der Waals surface area contributed by atoms with Crippen LogP contribution in [-0.2, 0) is 4.74 Å². The van der Waals surface area contributed by atoms with Crippen molar-refractivity contribution < 1.29 is 4.74 Å². The second-order valence-electron chi connectivity index (χ2n) is 3.74. The molecule has 1 aliphatic carbocycles. The Bertz CT molecular complexity index is 116. The Morgan fingerprint density at radius 1 is 1.42 bits per heavy atom. The second-order valence-corrected chi connectivity index (χ2v) is 3.74. The number of ether oxygens (including phenoxy) is 1. The van der Waals surface area contributed by atoms with Crippen molar-refractivity contribution in [3.8, 4) is 0 Å². The van der Waals surface area contributed by atoms with Gasteiger partial charge < -0.3 is 10.1 Å². The summed E-state index contributed by atoms with van der Waals surface area (Å²) in [6, 6.07) is 0.750. The van der Waals surface area contributed by atoms with Crippen LogP contribution in [0.2, 0.25) is 0 Å². The predicted molar refractivity (Wildman–Crippen MR) is 51.3 cm³/mol. The number of nitrogens with one attached hydrogen (secondary N) is 1. The summed E-state index contributed by atoms with van der Waals surface area (Å²) in [6.07, 6.45) is 5.12. The molecular weight excluding hydrogens is 150 g/mol. The molecule has 1 N–H and O–H groups in total. The van der Waals surface area contributed by atoms with Crippen molar-refractivity contribution in [1.82, 2.24) is 5.32 Å².